The Kier molecular flexibility index (Phi) is 2.59. The van der Waals surface area contributed by atoms with E-state index in [1.165, 1.54) is 12.1 Å². The molecule has 1 unspecified atom stereocenters. The van der Waals surface area contributed by atoms with E-state index >= 15 is 0 Å². The number of hydrogen-bond acceptors (Lipinski definition) is 1. The summed E-state index contributed by atoms with van der Waals surface area (Å²) in [4.78, 5) is 12.0. The van der Waals surface area contributed by atoms with Crippen molar-refractivity contribution in [3.63, 3.8) is 0 Å². The summed E-state index contributed by atoms with van der Waals surface area (Å²) in [5, 5.41) is 2.95. The minimum atomic E-state index is -0.263. The fourth-order valence-electron chi connectivity index (χ4n) is 2.32. The van der Waals surface area contributed by atoms with E-state index in [0.29, 0.717) is 0 Å². The Labute approximate surface area is 104 Å². The predicted octanol–water partition coefficient (Wildman–Crippen LogP) is 2.85. The van der Waals surface area contributed by atoms with Gasteiger partial charge in [0.05, 0.1) is 6.04 Å². The van der Waals surface area contributed by atoms with E-state index < -0.39 is 0 Å². The summed E-state index contributed by atoms with van der Waals surface area (Å²) in [6, 6.07) is 13.8. The lowest BCUT2D eigenvalue weighted by molar-refractivity contribution is 0.0925. The molecule has 1 amide bonds. The van der Waals surface area contributed by atoms with Gasteiger partial charge in [-0.05, 0) is 35.7 Å². The molecule has 1 N–H and O–H groups in total. The molecule has 0 saturated heterocycles. The van der Waals surface area contributed by atoms with Gasteiger partial charge < -0.3 is 5.32 Å². The van der Waals surface area contributed by atoms with Gasteiger partial charge in [-0.1, -0.05) is 30.3 Å². The maximum Gasteiger partial charge on any atom is 0.252 e. The summed E-state index contributed by atoms with van der Waals surface area (Å²) in [6.45, 7) is 0. The third-order valence-corrected chi connectivity index (χ3v) is 3.26. The summed E-state index contributed by atoms with van der Waals surface area (Å²) in [5.74, 6) is -0.326. The van der Waals surface area contributed by atoms with Crippen LogP contribution in [0, 0.1) is 5.82 Å². The van der Waals surface area contributed by atoms with Gasteiger partial charge in [-0.3, -0.25) is 4.79 Å². The number of nitrogens with one attached hydrogen (secondary N) is 1. The fraction of sp³-hybridized carbons (Fsp3) is 0.133. The number of carbonyl (C=O) groups is 1. The minimum Gasteiger partial charge on any atom is -0.345 e. The fourth-order valence-corrected chi connectivity index (χ4v) is 2.32. The molecule has 0 saturated carbocycles. The van der Waals surface area contributed by atoms with Gasteiger partial charge in [0, 0.05) is 5.56 Å². The van der Waals surface area contributed by atoms with Crippen LogP contribution in [0.25, 0.3) is 0 Å². The van der Waals surface area contributed by atoms with E-state index in [1.54, 1.807) is 12.1 Å². The molecular weight excluding hydrogens is 229 g/mol. The van der Waals surface area contributed by atoms with Crippen LogP contribution in [0.2, 0.25) is 0 Å². The average molecular weight is 241 g/mol. The molecule has 0 spiro atoms. The van der Waals surface area contributed by atoms with Crippen LogP contribution in [0.5, 0.6) is 0 Å². The lowest BCUT2D eigenvalue weighted by Gasteiger charge is -2.25. The van der Waals surface area contributed by atoms with Crippen LogP contribution in [-0.4, -0.2) is 5.91 Å². The van der Waals surface area contributed by atoms with E-state index in [-0.39, 0.29) is 17.8 Å². The summed E-state index contributed by atoms with van der Waals surface area (Å²) >= 11 is 0. The van der Waals surface area contributed by atoms with Gasteiger partial charge in [-0.2, -0.15) is 0 Å². The van der Waals surface area contributed by atoms with Crippen molar-refractivity contribution in [2.45, 2.75) is 12.5 Å². The zero-order valence-electron chi connectivity index (χ0n) is 9.69. The number of benzene rings is 2. The maximum atomic E-state index is 12.9. The molecule has 0 aliphatic carbocycles. The van der Waals surface area contributed by atoms with Gasteiger partial charge in [0.2, 0.25) is 0 Å². The largest absolute Gasteiger partial charge is 0.345 e. The molecular formula is C15H12FNO. The van der Waals surface area contributed by atoms with Crippen molar-refractivity contribution in [3.8, 4) is 0 Å². The van der Waals surface area contributed by atoms with Crippen LogP contribution in [-0.2, 0) is 6.42 Å². The summed E-state index contributed by atoms with van der Waals surface area (Å²) in [7, 11) is 0. The Bertz CT molecular complexity index is 592. The quantitative estimate of drug-likeness (QED) is 0.817. The molecule has 3 rings (SSSR count). The standard InChI is InChI=1S/C15H12FNO/c16-12-7-5-10(6-8-12)14-9-11-3-1-2-4-13(11)15(18)17-14/h1-8,14H,9H2,(H,17,18). The predicted molar refractivity (Wildman–Crippen MR) is 66.8 cm³/mol. The van der Waals surface area contributed by atoms with Crippen LogP contribution in [0.4, 0.5) is 4.39 Å². The lowest BCUT2D eigenvalue weighted by atomic mass is 9.91. The van der Waals surface area contributed by atoms with Gasteiger partial charge in [-0.15, -0.1) is 0 Å². The van der Waals surface area contributed by atoms with E-state index in [2.05, 4.69) is 5.32 Å². The van der Waals surface area contributed by atoms with Crippen LogP contribution in [0.15, 0.2) is 48.5 Å². The van der Waals surface area contributed by atoms with Gasteiger partial charge in [0.25, 0.3) is 5.91 Å². The Hall–Kier alpha value is -2.16. The number of fused-ring (bicyclic) bond motifs is 1. The molecule has 1 atom stereocenters. The van der Waals surface area contributed by atoms with Crippen LogP contribution in [0.1, 0.15) is 27.5 Å². The highest BCUT2D eigenvalue weighted by molar-refractivity contribution is 5.97. The molecule has 0 aromatic heterocycles. The van der Waals surface area contributed by atoms with Crippen LogP contribution < -0.4 is 5.32 Å². The van der Waals surface area contributed by atoms with E-state index in [4.69, 9.17) is 0 Å². The SMILES string of the molecule is O=C1NC(c2ccc(F)cc2)Cc2ccccc21. The molecule has 0 radical (unpaired) electrons. The Morgan fingerprint density at radius 2 is 1.78 bits per heavy atom. The zero-order valence-corrected chi connectivity index (χ0v) is 9.69. The molecule has 18 heavy (non-hydrogen) atoms. The topological polar surface area (TPSA) is 29.1 Å². The van der Waals surface area contributed by atoms with E-state index in [0.717, 1.165) is 23.1 Å². The molecule has 2 aromatic rings. The molecule has 1 aliphatic heterocycles. The van der Waals surface area contributed by atoms with Crippen LogP contribution >= 0.6 is 0 Å². The number of halogens is 1. The number of amides is 1. The van der Waals surface area contributed by atoms with Gasteiger partial charge in [-0.25, -0.2) is 4.39 Å². The highest BCUT2D eigenvalue weighted by Crippen LogP contribution is 2.25. The molecule has 90 valence electrons. The Morgan fingerprint density at radius 1 is 1.06 bits per heavy atom. The number of carbonyl (C=O) groups excluding carboxylic acids is 1. The summed E-state index contributed by atoms with van der Waals surface area (Å²) < 4.78 is 12.9. The first-order valence-corrected chi connectivity index (χ1v) is 5.88. The molecule has 2 aromatic carbocycles. The van der Waals surface area contributed by atoms with Crippen molar-refractivity contribution < 1.29 is 9.18 Å². The normalized spacial score (nSPS) is 18.1. The third-order valence-electron chi connectivity index (χ3n) is 3.26. The average Bonchev–Trinajstić information content (AvgIpc) is 2.39. The molecule has 2 nitrogen and oxygen atoms in total. The molecule has 0 fully saturated rings. The van der Waals surface area contributed by atoms with Crippen molar-refractivity contribution in [2.24, 2.45) is 0 Å². The Balaban J connectivity index is 1.94. The molecule has 3 heteroatoms. The summed E-state index contributed by atoms with van der Waals surface area (Å²) in [6.07, 6.45) is 0.744. The number of rotatable bonds is 1. The van der Waals surface area contributed by atoms with Gasteiger partial charge in [0.1, 0.15) is 5.82 Å². The van der Waals surface area contributed by atoms with Gasteiger partial charge >= 0.3 is 0 Å². The second-order valence-electron chi connectivity index (χ2n) is 4.44. The number of hydrogen-bond donors (Lipinski definition) is 1. The second-order valence-corrected chi connectivity index (χ2v) is 4.44. The van der Waals surface area contributed by atoms with Crippen molar-refractivity contribution >= 4 is 5.91 Å². The van der Waals surface area contributed by atoms with Crippen molar-refractivity contribution in [1.82, 2.24) is 5.32 Å². The molecule has 1 aliphatic rings. The highest BCUT2D eigenvalue weighted by atomic mass is 19.1. The first kappa shape index (κ1) is 11.0. The smallest absolute Gasteiger partial charge is 0.252 e. The second kappa shape index (κ2) is 4.26. The maximum absolute atomic E-state index is 12.9. The van der Waals surface area contributed by atoms with E-state index in [1.807, 2.05) is 24.3 Å². The monoisotopic (exact) mass is 241 g/mol. The first-order valence-electron chi connectivity index (χ1n) is 5.88. The highest BCUT2D eigenvalue weighted by Gasteiger charge is 2.24. The third kappa shape index (κ3) is 1.88. The van der Waals surface area contributed by atoms with Crippen molar-refractivity contribution in [2.75, 3.05) is 0 Å². The molecule has 0 bridgehead atoms. The van der Waals surface area contributed by atoms with Crippen LogP contribution in [0.3, 0.4) is 0 Å². The van der Waals surface area contributed by atoms with E-state index in [9.17, 15) is 9.18 Å². The van der Waals surface area contributed by atoms with Gasteiger partial charge in [0.15, 0.2) is 0 Å². The van der Waals surface area contributed by atoms with Crippen molar-refractivity contribution in [3.05, 3.63) is 71.0 Å². The first-order chi connectivity index (χ1) is 8.74. The van der Waals surface area contributed by atoms with Crippen molar-refractivity contribution in [1.29, 1.82) is 0 Å². The summed E-state index contributed by atoms with van der Waals surface area (Å²) in [5.41, 5.74) is 2.70. The zero-order chi connectivity index (χ0) is 12.5. The molecule has 1 heterocycles. The lowest BCUT2D eigenvalue weighted by Crippen LogP contribution is -2.35. The Morgan fingerprint density at radius 3 is 2.56 bits per heavy atom. The minimum absolute atomic E-state index is 0.0637.